The lowest BCUT2D eigenvalue weighted by Crippen LogP contribution is -2.43. The van der Waals surface area contributed by atoms with Crippen molar-refractivity contribution in [2.75, 3.05) is 26.7 Å². The average Bonchev–Trinajstić information content (AvgIpc) is 2.86. The van der Waals surface area contributed by atoms with Gasteiger partial charge >= 0.3 is 12.4 Å². The van der Waals surface area contributed by atoms with E-state index in [2.05, 4.69) is 27.1 Å². The number of piperidine rings is 1. The van der Waals surface area contributed by atoms with Crippen LogP contribution in [0.1, 0.15) is 54.2 Å². The summed E-state index contributed by atoms with van der Waals surface area (Å²) >= 11 is 0. The zero-order valence-corrected chi connectivity index (χ0v) is 20.9. The van der Waals surface area contributed by atoms with Crippen LogP contribution in [0, 0.1) is 11.4 Å². The van der Waals surface area contributed by atoms with Gasteiger partial charge in [-0.1, -0.05) is 30.3 Å². The molecule has 3 N–H and O–H groups in total. The Bertz CT molecular complexity index is 1070. The molecule has 0 bridgehead atoms. The Morgan fingerprint density at radius 2 is 1.68 bits per heavy atom. The molecule has 0 saturated carbocycles. The number of methoxy groups -OCH3 is 1. The standard InChI is InChI=1S/C14H19N5O.C11H10F6O/c15-14(20)10-19-9-11(8-17-18-16)6-7-13(19)12-4-2-1-3-5-12;1-6(18-2)7-3-8(10(12,13)14)5-9(4-7)11(15,16)17/h1-5,11,13,16H,6-10H2,(H-,15,20);3-6H,1-2H3/p+1/t11-,13+;6-/m11/s1. The van der Waals surface area contributed by atoms with Crippen molar-refractivity contribution in [2.24, 2.45) is 16.8 Å². The molecule has 208 valence electrons. The monoisotopic (exact) mass is 546 g/mol. The zero-order valence-electron chi connectivity index (χ0n) is 20.9. The van der Waals surface area contributed by atoms with Crippen LogP contribution in [0.3, 0.4) is 0 Å². The van der Waals surface area contributed by atoms with E-state index < -0.39 is 29.6 Å². The molecule has 2 aromatic rings. The van der Waals surface area contributed by atoms with Gasteiger partial charge in [0.15, 0.2) is 0 Å². The van der Waals surface area contributed by atoms with E-state index in [0.29, 0.717) is 24.6 Å². The molecule has 3 rings (SSSR count). The first-order valence-electron chi connectivity index (χ1n) is 11.7. The molecule has 2 aromatic carbocycles. The van der Waals surface area contributed by atoms with Crippen molar-refractivity contribution in [3.8, 4) is 0 Å². The Labute approximate surface area is 216 Å². The summed E-state index contributed by atoms with van der Waals surface area (Å²) in [5.74, 6) is 0.0251. The molecule has 7 nitrogen and oxygen atoms in total. The number of benzene rings is 2. The number of alkyl halides is 6. The Kier molecular flexibility index (Phi) is 11.0. The van der Waals surface area contributed by atoms with Gasteiger partial charge in [-0.3, -0.25) is 9.69 Å². The fraction of sp³-hybridized carbons (Fsp3) is 0.480. The number of hydrogen-bond acceptors (Lipinski definition) is 5. The number of carbonyl (C=O) groups is 1. The number of halogens is 6. The molecule has 0 unspecified atom stereocenters. The zero-order chi connectivity index (χ0) is 28.5. The topological polar surface area (TPSA) is 106 Å². The van der Waals surface area contributed by atoms with E-state index in [4.69, 9.17) is 16.0 Å². The highest BCUT2D eigenvalue weighted by atomic mass is 19.4. The molecule has 0 spiro atoms. The Morgan fingerprint density at radius 1 is 1.11 bits per heavy atom. The molecule has 38 heavy (non-hydrogen) atoms. The van der Waals surface area contributed by atoms with Gasteiger partial charge in [0.1, 0.15) is 17.2 Å². The molecular formula is C25H30F6N5O2+. The summed E-state index contributed by atoms with van der Waals surface area (Å²) in [6.07, 6.45) is -8.52. The molecule has 13 heteroatoms. The molecule has 1 amide bonds. The molecule has 1 aliphatic heterocycles. The van der Waals surface area contributed by atoms with E-state index in [1.165, 1.54) is 19.6 Å². The van der Waals surface area contributed by atoms with Crippen LogP contribution in [0.15, 0.2) is 53.6 Å². The van der Waals surface area contributed by atoms with Gasteiger partial charge in [-0.05, 0) is 55.0 Å². The number of ether oxygens (including phenoxy) is 1. The maximum Gasteiger partial charge on any atom is 0.416 e. The number of amides is 1. The fourth-order valence-electron chi connectivity index (χ4n) is 4.21. The predicted molar refractivity (Wildman–Crippen MR) is 127 cm³/mol. The number of nitrogens with one attached hydrogen (secondary N) is 1. The van der Waals surface area contributed by atoms with Gasteiger partial charge in [0, 0.05) is 19.7 Å². The molecule has 0 aromatic heterocycles. The summed E-state index contributed by atoms with van der Waals surface area (Å²) in [7, 11) is 1.21. The summed E-state index contributed by atoms with van der Waals surface area (Å²) in [5, 5.41) is 3.76. The van der Waals surface area contributed by atoms with Crippen molar-refractivity contribution in [3.63, 3.8) is 0 Å². The fourth-order valence-corrected chi connectivity index (χ4v) is 4.21. The van der Waals surface area contributed by atoms with Gasteiger partial charge in [0.05, 0.1) is 23.8 Å². The Hall–Kier alpha value is -3.28. The van der Waals surface area contributed by atoms with Crippen LogP contribution < -0.4 is 10.6 Å². The number of nitrogens with zero attached hydrogens (tertiary/aromatic N) is 3. The highest BCUT2D eigenvalue weighted by Gasteiger charge is 2.37. The predicted octanol–water partition coefficient (Wildman–Crippen LogP) is 5.91. The van der Waals surface area contributed by atoms with Crippen LogP contribution in [0.5, 0.6) is 0 Å². The van der Waals surface area contributed by atoms with Crippen LogP contribution in [-0.2, 0) is 21.9 Å². The molecular weight excluding hydrogens is 516 g/mol. The summed E-state index contributed by atoms with van der Waals surface area (Å²) in [6, 6.07) is 11.8. The van der Waals surface area contributed by atoms with Crippen molar-refractivity contribution < 1.29 is 35.9 Å². The SMILES string of the molecule is CO[C@H](C)c1cc(C(F)(F)F)cc(C(F)(F)F)c1.N=[N+]=NC[C@H]1CC[C@@H](c2ccccc2)N(CC(N)=O)C1. The second-order valence-electron chi connectivity index (χ2n) is 8.91. The van der Waals surface area contributed by atoms with Gasteiger partial charge < -0.3 is 10.5 Å². The Morgan fingerprint density at radius 3 is 2.16 bits per heavy atom. The van der Waals surface area contributed by atoms with Gasteiger partial charge in [0.2, 0.25) is 10.8 Å². The first-order valence-corrected chi connectivity index (χ1v) is 11.7. The quantitative estimate of drug-likeness (QED) is 0.256. The van der Waals surface area contributed by atoms with Gasteiger partial charge in [-0.2, -0.15) is 26.3 Å². The second kappa shape index (κ2) is 13.5. The van der Waals surface area contributed by atoms with Crippen molar-refractivity contribution in [1.82, 2.24) is 9.81 Å². The van der Waals surface area contributed by atoms with Crippen LogP contribution >= 0.6 is 0 Å². The third kappa shape index (κ3) is 9.23. The van der Waals surface area contributed by atoms with E-state index in [0.717, 1.165) is 19.4 Å². The van der Waals surface area contributed by atoms with Gasteiger partial charge in [-0.15, -0.1) is 0 Å². The molecule has 1 fully saturated rings. The number of hydrogen-bond donors (Lipinski definition) is 2. The van der Waals surface area contributed by atoms with Crippen LogP contribution in [-0.4, -0.2) is 37.6 Å². The van der Waals surface area contributed by atoms with Crippen molar-refractivity contribution in [2.45, 2.75) is 44.3 Å². The van der Waals surface area contributed by atoms with Gasteiger partial charge in [-0.25, -0.2) is 0 Å². The maximum absolute atomic E-state index is 12.5. The first-order chi connectivity index (χ1) is 17.8. The minimum Gasteiger partial charge on any atom is -0.377 e. The van der Waals surface area contributed by atoms with Crippen LogP contribution in [0.2, 0.25) is 0 Å². The maximum atomic E-state index is 12.5. The van der Waals surface area contributed by atoms with E-state index in [-0.39, 0.29) is 30.1 Å². The molecule has 1 heterocycles. The number of carbonyl (C=O) groups excluding carboxylic acids is 1. The lowest BCUT2D eigenvalue weighted by Gasteiger charge is -2.38. The Balaban J connectivity index is 0.000000269. The lowest BCUT2D eigenvalue weighted by molar-refractivity contribution is -0.143. The van der Waals surface area contributed by atoms with E-state index in [9.17, 15) is 31.1 Å². The summed E-state index contributed by atoms with van der Waals surface area (Å²) in [4.78, 5) is 16.4. The number of likely N-dealkylation sites (tertiary alicyclic amines) is 1. The minimum atomic E-state index is -4.83. The summed E-state index contributed by atoms with van der Waals surface area (Å²) < 4.78 is 79.7. The highest BCUT2D eigenvalue weighted by Crippen LogP contribution is 2.38. The summed E-state index contributed by atoms with van der Waals surface area (Å²) in [5.41, 5.74) is 10.5. The molecule has 0 radical (unpaired) electrons. The molecule has 3 atom stereocenters. The normalized spacial score (nSPS) is 19.1. The average molecular weight is 547 g/mol. The van der Waals surface area contributed by atoms with Crippen molar-refractivity contribution in [3.05, 3.63) is 70.8 Å². The number of rotatable bonds is 7. The molecule has 0 aliphatic carbocycles. The lowest BCUT2D eigenvalue weighted by atomic mass is 9.89. The molecule has 1 aliphatic rings. The van der Waals surface area contributed by atoms with E-state index >= 15 is 0 Å². The third-order valence-corrected chi connectivity index (χ3v) is 6.17. The third-order valence-electron chi connectivity index (χ3n) is 6.17. The van der Waals surface area contributed by atoms with Crippen LogP contribution in [0.4, 0.5) is 26.3 Å². The minimum absolute atomic E-state index is 0.0892. The number of primary amides is 1. The summed E-state index contributed by atoms with van der Waals surface area (Å²) in [6.45, 7) is 2.94. The van der Waals surface area contributed by atoms with E-state index in [1.807, 2.05) is 18.2 Å². The number of nitrogens with two attached hydrogens (primary N) is 1. The van der Waals surface area contributed by atoms with Crippen LogP contribution in [0.25, 0.3) is 0 Å². The first kappa shape index (κ1) is 30.9. The second-order valence-corrected chi connectivity index (χ2v) is 8.91. The van der Waals surface area contributed by atoms with Crippen molar-refractivity contribution in [1.29, 1.82) is 5.53 Å². The highest BCUT2D eigenvalue weighted by molar-refractivity contribution is 5.76. The smallest absolute Gasteiger partial charge is 0.377 e. The van der Waals surface area contributed by atoms with Gasteiger partial charge in [0.25, 0.3) is 0 Å². The largest absolute Gasteiger partial charge is 0.416 e. The molecule has 1 saturated heterocycles. The van der Waals surface area contributed by atoms with E-state index in [1.54, 1.807) is 0 Å². The van der Waals surface area contributed by atoms with Crippen molar-refractivity contribution >= 4 is 5.91 Å².